The SMILES string of the molecule is CC(C)C(=O)Oc1c(-c2ccc(O)c(O)c2)oc2cc(O)cc(O)c2c1=O. The van der Waals surface area contributed by atoms with E-state index in [1.807, 2.05) is 0 Å². The first kappa shape index (κ1) is 18.1. The number of phenolic OH excluding ortho intramolecular Hbond substituents is 4. The van der Waals surface area contributed by atoms with Gasteiger partial charge in [-0.1, -0.05) is 13.8 Å². The lowest BCUT2D eigenvalue weighted by atomic mass is 10.1. The molecule has 0 unspecified atom stereocenters. The quantitative estimate of drug-likeness (QED) is 0.407. The number of fused-ring (bicyclic) bond motifs is 1. The van der Waals surface area contributed by atoms with E-state index in [2.05, 4.69) is 0 Å². The summed E-state index contributed by atoms with van der Waals surface area (Å²) in [4.78, 5) is 24.9. The fraction of sp³-hybridized carbons (Fsp3) is 0.158. The van der Waals surface area contributed by atoms with Crippen molar-refractivity contribution in [2.24, 2.45) is 5.92 Å². The minimum Gasteiger partial charge on any atom is -0.508 e. The fourth-order valence-corrected chi connectivity index (χ4v) is 2.43. The summed E-state index contributed by atoms with van der Waals surface area (Å²) in [5.74, 6) is -3.68. The average Bonchev–Trinajstić information content (AvgIpc) is 2.58. The number of phenols is 4. The molecule has 4 N–H and O–H groups in total. The van der Waals surface area contributed by atoms with Crippen molar-refractivity contribution in [1.29, 1.82) is 0 Å². The van der Waals surface area contributed by atoms with E-state index < -0.39 is 40.3 Å². The molecule has 2 aromatic carbocycles. The van der Waals surface area contributed by atoms with Crippen molar-refractivity contribution in [2.75, 3.05) is 0 Å². The van der Waals surface area contributed by atoms with E-state index in [1.165, 1.54) is 12.1 Å². The van der Waals surface area contributed by atoms with Crippen LogP contribution in [0.3, 0.4) is 0 Å². The molecule has 0 spiro atoms. The monoisotopic (exact) mass is 372 g/mol. The molecule has 0 aliphatic carbocycles. The van der Waals surface area contributed by atoms with Crippen LogP contribution >= 0.6 is 0 Å². The van der Waals surface area contributed by atoms with Crippen molar-refractivity contribution < 1.29 is 34.4 Å². The highest BCUT2D eigenvalue weighted by Gasteiger charge is 2.24. The molecule has 0 atom stereocenters. The molecule has 1 aromatic heterocycles. The van der Waals surface area contributed by atoms with Crippen LogP contribution in [-0.4, -0.2) is 26.4 Å². The summed E-state index contributed by atoms with van der Waals surface area (Å²) >= 11 is 0. The Hall–Kier alpha value is -3.68. The van der Waals surface area contributed by atoms with Crippen LogP contribution in [0.15, 0.2) is 39.5 Å². The predicted octanol–water partition coefficient (Wildman–Crippen LogP) is 2.84. The van der Waals surface area contributed by atoms with Crippen LogP contribution in [0.1, 0.15) is 13.8 Å². The lowest BCUT2D eigenvalue weighted by molar-refractivity contribution is -0.137. The van der Waals surface area contributed by atoms with Gasteiger partial charge in [0.05, 0.1) is 5.92 Å². The lowest BCUT2D eigenvalue weighted by Gasteiger charge is -2.13. The number of carbonyl (C=O) groups is 1. The van der Waals surface area contributed by atoms with Gasteiger partial charge in [0.25, 0.3) is 0 Å². The van der Waals surface area contributed by atoms with Crippen molar-refractivity contribution in [2.45, 2.75) is 13.8 Å². The minimum absolute atomic E-state index is 0.138. The first-order valence-corrected chi connectivity index (χ1v) is 7.96. The van der Waals surface area contributed by atoms with E-state index >= 15 is 0 Å². The summed E-state index contributed by atoms with van der Waals surface area (Å²) in [6.07, 6.45) is 0. The zero-order valence-corrected chi connectivity index (χ0v) is 14.4. The Morgan fingerprint density at radius 1 is 1.00 bits per heavy atom. The Kier molecular flexibility index (Phi) is 4.40. The highest BCUT2D eigenvalue weighted by molar-refractivity contribution is 5.89. The zero-order chi connectivity index (χ0) is 19.9. The second-order valence-corrected chi connectivity index (χ2v) is 6.21. The molecular formula is C19H16O8. The second-order valence-electron chi connectivity index (χ2n) is 6.21. The van der Waals surface area contributed by atoms with Crippen LogP contribution < -0.4 is 10.2 Å². The number of carbonyl (C=O) groups excluding carboxylic acids is 1. The molecule has 0 radical (unpaired) electrons. The third-order valence-electron chi connectivity index (χ3n) is 3.83. The smallest absolute Gasteiger partial charge is 0.314 e. The van der Waals surface area contributed by atoms with Gasteiger partial charge in [-0.05, 0) is 18.2 Å². The summed E-state index contributed by atoms with van der Waals surface area (Å²) < 4.78 is 10.8. The Labute approximate surface area is 152 Å². The van der Waals surface area contributed by atoms with Crippen molar-refractivity contribution in [1.82, 2.24) is 0 Å². The molecule has 1 heterocycles. The molecule has 8 heteroatoms. The van der Waals surface area contributed by atoms with E-state index in [1.54, 1.807) is 13.8 Å². The maximum absolute atomic E-state index is 12.9. The summed E-state index contributed by atoms with van der Waals surface area (Å²) in [5, 5.41) is 38.6. The van der Waals surface area contributed by atoms with Crippen molar-refractivity contribution in [3.63, 3.8) is 0 Å². The molecule has 3 aromatic rings. The van der Waals surface area contributed by atoms with Crippen molar-refractivity contribution in [3.8, 4) is 40.1 Å². The number of benzene rings is 2. The second kappa shape index (κ2) is 6.56. The fourth-order valence-electron chi connectivity index (χ4n) is 2.43. The van der Waals surface area contributed by atoms with E-state index in [4.69, 9.17) is 9.15 Å². The zero-order valence-electron chi connectivity index (χ0n) is 14.4. The molecule has 0 saturated heterocycles. The average molecular weight is 372 g/mol. The van der Waals surface area contributed by atoms with Crippen LogP contribution in [0.4, 0.5) is 0 Å². The molecule has 3 rings (SSSR count). The van der Waals surface area contributed by atoms with E-state index in [9.17, 15) is 30.0 Å². The number of hydrogen-bond acceptors (Lipinski definition) is 8. The molecule has 8 nitrogen and oxygen atoms in total. The first-order valence-electron chi connectivity index (χ1n) is 7.96. The molecular weight excluding hydrogens is 356 g/mol. The van der Waals surface area contributed by atoms with Crippen LogP contribution in [0, 0.1) is 5.92 Å². The minimum atomic E-state index is -0.828. The summed E-state index contributed by atoms with van der Waals surface area (Å²) in [6.45, 7) is 3.15. The van der Waals surface area contributed by atoms with Gasteiger partial charge in [-0.2, -0.15) is 0 Å². The van der Waals surface area contributed by atoms with Gasteiger partial charge in [-0.25, -0.2) is 0 Å². The van der Waals surface area contributed by atoms with Crippen molar-refractivity contribution in [3.05, 3.63) is 40.6 Å². The van der Waals surface area contributed by atoms with Crippen LogP contribution in [0.25, 0.3) is 22.3 Å². The first-order chi connectivity index (χ1) is 12.7. The molecule has 0 aliphatic rings. The molecule has 140 valence electrons. The van der Waals surface area contributed by atoms with Crippen LogP contribution in [-0.2, 0) is 4.79 Å². The van der Waals surface area contributed by atoms with Gasteiger partial charge in [0.2, 0.25) is 11.2 Å². The Bertz CT molecular complexity index is 1110. The standard InChI is InChI=1S/C19H16O8/c1-8(2)19(25)27-18-16(24)15-13(23)6-10(20)7-14(15)26-17(18)9-3-4-11(21)12(22)5-9/h3-8,20-23H,1-2H3. The maximum atomic E-state index is 12.9. The highest BCUT2D eigenvalue weighted by Crippen LogP contribution is 2.38. The van der Waals surface area contributed by atoms with E-state index in [0.29, 0.717) is 0 Å². The Morgan fingerprint density at radius 3 is 2.33 bits per heavy atom. The molecule has 27 heavy (non-hydrogen) atoms. The highest BCUT2D eigenvalue weighted by atomic mass is 16.5. The van der Waals surface area contributed by atoms with Gasteiger partial charge in [0.1, 0.15) is 22.5 Å². The van der Waals surface area contributed by atoms with Crippen LogP contribution in [0.5, 0.6) is 28.7 Å². The normalized spacial score (nSPS) is 11.1. The number of rotatable bonds is 3. The van der Waals surface area contributed by atoms with Crippen molar-refractivity contribution >= 4 is 16.9 Å². The van der Waals surface area contributed by atoms with Gasteiger partial charge in [0.15, 0.2) is 17.3 Å². The Balaban J connectivity index is 2.36. The number of aromatic hydroxyl groups is 4. The predicted molar refractivity (Wildman–Crippen MR) is 95.1 cm³/mol. The topological polar surface area (TPSA) is 137 Å². The Morgan fingerprint density at radius 2 is 1.70 bits per heavy atom. The molecule has 0 fully saturated rings. The summed E-state index contributed by atoms with van der Waals surface area (Å²) in [5.41, 5.74) is -0.839. The largest absolute Gasteiger partial charge is 0.508 e. The molecule has 0 saturated carbocycles. The third-order valence-corrected chi connectivity index (χ3v) is 3.83. The summed E-state index contributed by atoms with van der Waals surface area (Å²) in [7, 11) is 0. The number of hydrogen-bond donors (Lipinski definition) is 4. The number of ether oxygens (including phenoxy) is 1. The van der Waals surface area contributed by atoms with Crippen LogP contribution in [0.2, 0.25) is 0 Å². The van der Waals surface area contributed by atoms with E-state index in [0.717, 1.165) is 18.2 Å². The van der Waals surface area contributed by atoms with Gasteiger partial charge in [-0.15, -0.1) is 0 Å². The summed E-state index contributed by atoms with van der Waals surface area (Å²) in [6, 6.07) is 5.71. The molecule has 0 aliphatic heterocycles. The maximum Gasteiger partial charge on any atom is 0.314 e. The molecule has 0 bridgehead atoms. The van der Waals surface area contributed by atoms with Gasteiger partial charge in [0, 0.05) is 17.7 Å². The van der Waals surface area contributed by atoms with Gasteiger partial charge < -0.3 is 29.6 Å². The van der Waals surface area contributed by atoms with E-state index in [-0.39, 0.29) is 28.0 Å². The molecule has 0 amide bonds. The lowest BCUT2D eigenvalue weighted by Crippen LogP contribution is -2.20. The third kappa shape index (κ3) is 3.24. The van der Waals surface area contributed by atoms with Gasteiger partial charge in [-0.3, -0.25) is 9.59 Å². The number of esters is 1. The van der Waals surface area contributed by atoms with Gasteiger partial charge >= 0.3 is 5.97 Å².